The van der Waals surface area contributed by atoms with Crippen LogP contribution < -0.4 is 10.9 Å². The Bertz CT molecular complexity index is 976. The summed E-state index contributed by atoms with van der Waals surface area (Å²) in [5.74, 6) is 0.569. The molecule has 2 N–H and O–H groups in total. The van der Waals surface area contributed by atoms with Crippen LogP contribution in [0.15, 0.2) is 41.6 Å². The van der Waals surface area contributed by atoms with Gasteiger partial charge in [0.25, 0.3) is 11.5 Å². The summed E-state index contributed by atoms with van der Waals surface area (Å²) >= 11 is 0. The topological polar surface area (TPSA) is 106 Å². The van der Waals surface area contributed by atoms with Gasteiger partial charge in [0, 0.05) is 18.3 Å². The van der Waals surface area contributed by atoms with Crippen LogP contribution in [0.4, 0.5) is 0 Å². The van der Waals surface area contributed by atoms with Crippen molar-refractivity contribution in [3.63, 3.8) is 0 Å². The Balaban J connectivity index is 1.74. The number of rotatable bonds is 6. The molecule has 0 bridgehead atoms. The molecule has 2 aromatic heterocycles. The van der Waals surface area contributed by atoms with Gasteiger partial charge in [-0.2, -0.15) is 0 Å². The number of hydrogen-bond acceptors (Lipinski definition) is 5. The van der Waals surface area contributed by atoms with Crippen molar-refractivity contribution in [2.45, 2.75) is 33.4 Å². The van der Waals surface area contributed by atoms with E-state index in [0.717, 1.165) is 24.1 Å². The quantitative estimate of drug-likeness (QED) is 0.702. The molecule has 0 aliphatic carbocycles. The molecule has 3 rings (SSSR count). The lowest BCUT2D eigenvalue weighted by Gasteiger charge is -2.07. The van der Waals surface area contributed by atoms with E-state index in [4.69, 9.17) is 0 Å². The first-order valence-electron chi connectivity index (χ1n) is 8.39. The first-order chi connectivity index (χ1) is 12.6. The molecule has 0 aliphatic heterocycles. The van der Waals surface area contributed by atoms with E-state index >= 15 is 0 Å². The average molecular weight is 352 g/mol. The van der Waals surface area contributed by atoms with Crippen LogP contribution in [0.5, 0.6) is 0 Å². The summed E-state index contributed by atoms with van der Waals surface area (Å²) in [6.07, 6.45) is 3.85. The van der Waals surface area contributed by atoms with Gasteiger partial charge in [0.05, 0.1) is 6.54 Å². The summed E-state index contributed by atoms with van der Waals surface area (Å²) in [4.78, 5) is 31.5. The maximum Gasteiger partial charge on any atom is 0.264 e. The highest BCUT2D eigenvalue weighted by atomic mass is 16.2. The summed E-state index contributed by atoms with van der Waals surface area (Å²) in [5.41, 5.74) is 1.33. The molecular formula is C18H20N6O2. The highest BCUT2D eigenvalue weighted by Gasteiger charge is 2.14. The molecule has 2 heterocycles. The van der Waals surface area contributed by atoms with Crippen LogP contribution in [0, 0.1) is 6.92 Å². The maximum atomic E-state index is 12.3. The molecule has 26 heavy (non-hydrogen) atoms. The zero-order chi connectivity index (χ0) is 18.5. The highest BCUT2D eigenvalue weighted by Crippen LogP contribution is 2.14. The zero-order valence-electron chi connectivity index (χ0n) is 14.7. The lowest BCUT2D eigenvalue weighted by atomic mass is 10.1. The van der Waals surface area contributed by atoms with Crippen molar-refractivity contribution in [2.75, 3.05) is 0 Å². The Hall–Kier alpha value is -3.29. The first kappa shape index (κ1) is 17.5. The van der Waals surface area contributed by atoms with Gasteiger partial charge in [0.15, 0.2) is 5.82 Å². The Kier molecular flexibility index (Phi) is 5.21. The van der Waals surface area contributed by atoms with Crippen LogP contribution in [0.1, 0.15) is 35.1 Å². The standard InChI is InChI=1S/C18H20N6O2/c1-3-7-24-11-21-23-15(24)10-20-17(25)14-9-19-16(22-18(14)26)13-6-4-5-12(2)8-13/h4-6,8-9,11H,3,7,10H2,1-2H3,(H,20,25)(H,19,22,26). The largest absolute Gasteiger partial charge is 0.345 e. The lowest BCUT2D eigenvalue weighted by Crippen LogP contribution is -2.30. The van der Waals surface area contributed by atoms with Crippen molar-refractivity contribution in [2.24, 2.45) is 0 Å². The fourth-order valence-corrected chi connectivity index (χ4v) is 2.59. The lowest BCUT2D eigenvalue weighted by molar-refractivity contribution is 0.0947. The van der Waals surface area contributed by atoms with Gasteiger partial charge in [-0.05, 0) is 19.4 Å². The minimum Gasteiger partial charge on any atom is -0.345 e. The first-order valence-corrected chi connectivity index (χ1v) is 8.39. The van der Waals surface area contributed by atoms with E-state index in [1.807, 2.05) is 42.7 Å². The second-order valence-electron chi connectivity index (χ2n) is 5.97. The van der Waals surface area contributed by atoms with E-state index in [1.165, 1.54) is 6.20 Å². The van der Waals surface area contributed by atoms with Crippen LogP contribution in [0.3, 0.4) is 0 Å². The molecule has 0 saturated carbocycles. The van der Waals surface area contributed by atoms with Gasteiger partial charge in [0.2, 0.25) is 0 Å². The van der Waals surface area contributed by atoms with Crippen LogP contribution in [-0.2, 0) is 13.1 Å². The van der Waals surface area contributed by atoms with E-state index in [1.54, 1.807) is 6.33 Å². The minimum atomic E-state index is -0.499. The van der Waals surface area contributed by atoms with Crippen molar-refractivity contribution in [1.29, 1.82) is 0 Å². The smallest absolute Gasteiger partial charge is 0.264 e. The zero-order valence-corrected chi connectivity index (χ0v) is 14.7. The molecule has 0 radical (unpaired) electrons. The molecule has 8 heteroatoms. The van der Waals surface area contributed by atoms with E-state index in [9.17, 15) is 9.59 Å². The third-order valence-electron chi connectivity index (χ3n) is 3.90. The number of nitrogens with zero attached hydrogens (tertiary/aromatic N) is 4. The van der Waals surface area contributed by atoms with Crippen LogP contribution in [0.2, 0.25) is 0 Å². The SMILES string of the molecule is CCCn1cnnc1CNC(=O)c1cnc(-c2cccc(C)c2)[nH]c1=O. The summed E-state index contributed by atoms with van der Waals surface area (Å²) in [7, 11) is 0. The molecule has 0 saturated heterocycles. The number of H-pyrrole nitrogens is 1. The molecule has 0 spiro atoms. The second kappa shape index (κ2) is 7.73. The Labute approximate surface area is 150 Å². The van der Waals surface area contributed by atoms with Gasteiger partial charge in [-0.25, -0.2) is 4.98 Å². The highest BCUT2D eigenvalue weighted by molar-refractivity contribution is 5.93. The molecule has 0 unspecified atom stereocenters. The number of carbonyl (C=O) groups is 1. The van der Waals surface area contributed by atoms with Gasteiger partial charge in [-0.15, -0.1) is 10.2 Å². The van der Waals surface area contributed by atoms with E-state index in [2.05, 4.69) is 25.5 Å². The molecule has 3 aromatic rings. The number of aromatic amines is 1. The Morgan fingerprint density at radius 3 is 2.92 bits per heavy atom. The van der Waals surface area contributed by atoms with Gasteiger partial charge in [0.1, 0.15) is 17.7 Å². The molecule has 0 fully saturated rings. The minimum absolute atomic E-state index is 0.0389. The maximum absolute atomic E-state index is 12.3. The summed E-state index contributed by atoms with van der Waals surface area (Å²) in [5, 5.41) is 10.5. The molecule has 1 aromatic carbocycles. The summed E-state index contributed by atoms with van der Waals surface area (Å²) < 4.78 is 1.86. The number of aromatic nitrogens is 5. The summed E-state index contributed by atoms with van der Waals surface area (Å²) in [6.45, 7) is 4.97. The van der Waals surface area contributed by atoms with E-state index in [-0.39, 0.29) is 12.1 Å². The third kappa shape index (κ3) is 3.85. The normalized spacial score (nSPS) is 10.7. The van der Waals surface area contributed by atoms with E-state index < -0.39 is 11.5 Å². The van der Waals surface area contributed by atoms with Crippen molar-refractivity contribution >= 4 is 5.91 Å². The van der Waals surface area contributed by atoms with Crippen LogP contribution in [-0.4, -0.2) is 30.6 Å². The molecule has 1 amide bonds. The fraction of sp³-hybridized carbons (Fsp3) is 0.278. The fourth-order valence-electron chi connectivity index (χ4n) is 2.59. The predicted octanol–water partition coefficient (Wildman–Crippen LogP) is 1.68. The van der Waals surface area contributed by atoms with Gasteiger partial charge < -0.3 is 14.9 Å². The molecule has 134 valence electrons. The average Bonchev–Trinajstić information content (AvgIpc) is 3.07. The van der Waals surface area contributed by atoms with Gasteiger partial charge in [-0.3, -0.25) is 9.59 Å². The van der Waals surface area contributed by atoms with Crippen molar-refractivity contribution in [3.8, 4) is 11.4 Å². The van der Waals surface area contributed by atoms with Gasteiger partial charge in [-0.1, -0.05) is 30.7 Å². The molecule has 0 aliphatic rings. The van der Waals surface area contributed by atoms with Crippen molar-refractivity contribution < 1.29 is 4.79 Å². The van der Waals surface area contributed by atoms with E-state index in [0.29, 0.717) is 11.6 Å². The second-order valence-corrected chi connectivity index (χ2v) is 5.97. The van der Waals surface area contributed by atoms with Gasteiger partial charge >= 0.3 is 0 Å². The predicted molar refractivity (Wildman–Crippen MR) is 96.5 cm³/mol. The number of benzene rings is 1. The monoisotopic (exact) mass is 352 g/mol. The summed E-state index contributed by atoms with van der Waals surface area (Å²) in [6, 6.07) is 7.61. The van der Waals surface area contributed by atoms with Crippen LogP contribution in [0.25, 0.3) is 11.4 Å². The Morgan fingerprint density at radius 1 is 1.35 bits per heavy atom. The Morgan fingerprint density at radius 2 is 2.19 bits per heavy atom. The third-order valence-corrected chi connectivity index (χ3v) is 3.90. The number of carbonyl (C=O) groups excluding carboxylic acids is 1. The van der Waals surface area contributed by atoms with Crippen molar-refractivity contribution in [1.82, 2.24) is 30.0 Å². The van der Waals surface area contributed by atoms with Crippen molar-refractivity contribution in [3.05, 3.63) is 64.1 Å². The van der Waals surface area contributed by atoms with Crippen LogP contribution >= 0.6 is 0 Å². The number of aryl methyl sites for hydroxylation is 2. The number of nitrogens with one attached hydrogen (secondary N) is 2. The molecule has 0 atom stereocenters. The molecular weight excluding hydrogens is 332 g/mol. The number of amides is 1. The molecule has 8 nitrogen and oxygen atoms in total. The number of hydrogen-bond donors (Lipinski definition) is 2.